The molecule has 4 aliphatic heterocycles. The number of methoxy groups -OCH3 is 2. The van der Waals surface area contributed by atoms with Gasteiger partial charge in [-0.25, -0.2) is 4.79 Å². The average Bonchev–Trinajstić information content (AvgIpc) is 3.12. The third kappa shape index (κ3) is 10.3. The third-order valence-corrected chi connectivity index (χ3v) is 11.1. The minimum absolute atomic E-state index is 0.00157. The third-order valence-electron chi connectivity index (χ3n) is 10.4. The maximum absolute atomic E-state index is 12.6. The number of anilines is 2. The largest absolute Gasteiger partial charge is 0.496 e. The van der Waals surface area contributed by atoms with Gasteiger partial charge in [0.2, 0.25) is 0 Å². The van der Waals surface area contributed by atoms with Gasteiger partial charge in [-0.3, -0.25) is 4.79 Å². The van der Waals surface area contributed by atoms with E-state index in [-0.39, 0.29) is 22.2 Å². The lowest BCUT2D eigenvalue weighted by atomic mass is 9.83. The molecule has 0 spiro atoms. The number of rotatable bonds is 7. The van der Waals surface area contributed by atoms with Gasteiger partial charge in [0.25, 0.3) is 5.91 Å². The summed E-state index contributed by atoms with van der Waals surface area (Å²) in [5, 5.41) is 12.4. The van der Waals surface area contributed by atoms with E-state index in [2.05, 4.69) is 15.1 Å². The van der Waals surface area contributed by atoms with Crippen LogP contribution in [0.15, 0.2) is 24.3 Å². The maximum atomic E-state index is 12.6. The number of nitrogens with two attached hydrogens (primary N) is 3. The number of carbonyl (C=O) groups is 2. The summed E-state index contributed by atoms with van der Waals surface area (Å²) in [5.74, 6) is 0.740. The number of amides is 1. The summed E-state index contributed by atoms with van der Waals surface area (Å²) < 4.78 is 10.1. The van der Waals surface area contributed by atoms with E-state index in [9.17, 15) is 9.59 Å². The van der Waals surface area contributed by atoms with Crippen molar-refractivity contribution in [2.75, 3.05) is 65.0 Å². The van der Waals surface area contributed by atoms with E-state index < -0.39 is 5.97 Å². The lowest BCUT2D eigenvalue weighted by Gasteiger charge is -2.44. The Morgan fingerprint density at radius 1 is 0.755 bits per heavy atom. The number of aromatic carboxylic acids is 1. The lowest BCUT2D eigenvalue weighted by molar-refractivity contribution is 0.0575. The van der Waals surface area contributed by atoms with Crippen molar-refractivity contribution in [3.05, 3.63) is 45.4 Å². The first kappa shape index (κ1) is 38.8. The zero-order chi connectivity index (χ0) is 35.5. The summed E-state index contributed by atoms with van der Waals surface area (Å²) in [6, 6.07) is 7.28. The number of carboxylic acid groups (broad SMARTS) is 1. The molecular formula is C36H54Cl2N6O5. The number of nitrogen functional groups attached to an aromatic ring is 2. The van der Waals surface area contributed by atoms with E-state index in [1.807, 2.05) is 0 Å². The first-order valence-electron chi connectivity index (χ1n) is 17.5. The summed E-state index contributed by atoms with van der Waals surface area (Å²) in [6.07, 6.45) is 13.2. The van der Waals surface area contributed by atoms with Crippen LogP contribution >= 0.6 is 23.2 Å². The van der Waals surface area contributed by atoms with Gasteiger partial charge < -0.3 is 46.9 Å². The van der Waals surface area contributed by atoms with Crippen molar-refractivity contribution < 1.29 is 24.2 Å². The van der Waals surface area contributed by atoms with Crippen LogP contribution in [0.3, 0.4) is 0 Å². The molecule has 4 aliphatic rings. The number of hydrogen-bond acceptors (Lipinski definition) is 9. The van der Waals surface area contributed by atoms with Gasteiger partial charge >= 0.3 is 5.97 Å². The molecule has 0 aliphatic carbocycles. The number of nitrogens with one attached hydrogen (secondary N) is 1. The fraction of sp³-hybridized carbons (Fsp3) is 0.611. The standard InChI is InChI=1S/C18H26ClN3O2.C10H20N2.C8H8ClNO3/c1-24-17-10-15(20)14(19)9-13(17)18(23)21-11-12-5-4-8-22-7-3-2-6-16(12)22;11-8-9-4-3-7-12-6-2-1-5-10(9)12;1-13-7-3-6(10)5(9)2-4(7)8(11)12/h9-10,12,16H,2-8,11,20H2,1H3,(H,21,23);9-10H,1-8,11H2;2-3H,10H2,1H3,(H,11,12). The van der Waals surface area contributed by atoms with E-state index in [1.54, 1.807) is 12.1 Å². The van der Waals surface area contributed by atoms with Gasteiger partial charge in [-0.15, -0.1) is 0 Å². The number of ether oxygens (including phenoxy) is 2. The van der Waals surface area contributed by atoms with Crippen molar-refractivity contribution in [3.8, 4) is 11.5 Å². The van der Waals surface area contributed by atoms with Gasteiger partial charge in [-0.2, -0.15) is 0 Å². The van der Waals surface area contributed by atoms with Crippen LogP contribution in [-0.2, 0) is 0 Å². The quantitative estimate of drug-likeness (QED) is 0.222. The molecule has 4 saturated heterocycles. The maximum Gasteiger partial charge on any atom is 0.339 e. The minimum Gasteiger partial charge on any atom is -0.496 e. The number of carbonyl (C=O) groups excluding carboxylic acids is 1. The Bertz CT molecular complexity index is 1400. The van der Waals surface area contributed by atoms with E-state index in [1.165, 1.54) is 117 Å². The molecule has 8 N–H and O–H groups in total. The molecule has 4 unspecified atom stereocenters. The molecule has 0 saturated carbocycles. The highest BCUT2D eigenvalue weighted by molar-refractivity contribution is 6.34. The Morgan fingerprint density at radius 3 is 1.73 bits per heavy atom. The highest BCUT2D eigenvalue weighted by Gasteiger charge is 2.33. The van der Waals surface area contributed by atoms with Gasteiger partial charge in [0.1, 0.15) is 17.1 Å². The zero-order valence-corrected chi connectivity index (χ0v) is 30.4. The Hall–Kier alpha value is -2.96. The van der Waals surface area contributed by atoms with Crippen LogP contribution in [0.2, 0.25) is 10.0 Å². The molecule has 0 bridgehead atoms. The monoisotopic (exact) mass is 720 g/mol. The zero-order valence-electron chi connectivity index (χ0n) is 28.9. The Balaban J connectivity index is 0.000000182. The van der Waals surface area contributed by atoms with Crippen LogP contribution < -0.4 is 32.0 Å². The molecule has 272 valence electrons. The number of piperidine rings is 4. The van der Waals surface area contributed by atoms with Crippen LogP contribution in [0.4, 0.5) is 11.4 Å². The highest BCUT2D eigenvalue weighted by atomic mass is 35.5. The van der Waals surface area contributed by atoms with Crippen molar-refractivity contribution in [2.45, 2.75) is 76.3 Å². The van der Waals surface area contributed by atoms with Crippen molar-refractivity contribution in [2.24, 2.45) is 17.6 Å². The Labute approximate surface area is 300 Å². The smallest absolute Gasteiger partial charge is 0.339 e. The number of benzene rings is 2. The fourth-order valence-electron chi connectivity index (χ4n) is 7.81. The fourth-order valence-corrected chi connectivity index (χ4v) is 8.13. The van der Waals surface area contributed by atoms with E-state index in [4.69, 9.17) is 55.0 Å². The normalized spacial score (nSPS) is 23.7. The summed E-state index contributed by atoms with van der Waals surface area (Å²) in [5.41, 5.74) is 18.2. The van der Waals surface area contributed by atoms with Crippen molar-refractivity contribution >= 4 is 46.5 Å². The van der Waals surface area contributed by atoms with Gasteiger partial charge in [-0.05, 0) is 108 Å². The molecule has 1 amide bonds. The number of halogens is 2. The molecular weight excluding hydrogens is 667 g/mol. The first-order valence-corrected chi connectivity index (χ1v) is 18.3. The molecule has 13 heteroatoms. The summed E-state index contributed by atoms with van der Waals surface area (Å²) in [6.45, 7) is 6.68. The Morgan fingerprint density at radius 2 is 1.22 bits per heavy atom. The predicted octanol–water partition coefficient (Wildman–Crippen LogP) is 5.76. The van der Waals surface area contributed by atoms with Crippen LogP contribution in [-0.4, -0.2) is 92.4 Å². The van der Waals surface area contributed by atoms with Crippen LogP contribution in [0, 0.1) is 11.8 Å². The topological polar surface area (TPSA) is 169 Å². The second-order valence-corrected chi connectivity index (χ2v) is 14.2. The predicted molar refractivity (Wildman–Crippen MR) is 197 cm³/mol. The molecule has 4 atom stereocenters. The Kier molecular flexibility index (Phi) is 15.0. The molecule has 11 nitrogen and oxygen atoms in total. The average molecular weight is 722 g/mol. The van der Waals surface area contributed by atoms with Crippen molar-refractivity contribution in [1.82, 2.24) is 15.1 Å². The van der Waals surface area contributed by atoms with Crippen molar-refractivity contribution in [3.63, 3.8) is 0 Å². The van der Waals surface area contributed by atoms with E-state index in [0.29, 0.717) is 46.2 Å². The van der Waals surface area contributed by atoms with E-state index >= 15 is 0 Å². The molecule has 0 aromatic heterocycles. The summed E-state index contributed by atoms with van der Waals surface area (Å²) >= 11 is 11.7. The second kappa shape index (κ2) is 18.9. The molecule has 0 radical (unpaired) electrons. The molecule has 2 aromatic carbocycles. The summed E-state index contributed by atoms with van der Waals surface area (Å²) in [7, 11) is 2.90. The van der Waals surface area contributed by atoms with Crippen LogP contribution in [0.1, 0.15) is 84.9 Å². The number of nitrogens with zero attached hydrogens (tertiary/aromatic N) is 2. The number of fused-ring (bicyclic) bond motifs is 2. The number of hydrogen-bond donors (Lipinski definition) is 5. The van der Waals surface area contributed by atoms with Gasteiger partial charge in [-0.1, -0.05) is 36.0 Å². The first-order chi connectivity index (χ1) is 23.6. The SMILES string of the molecule is COc1cc(N)c(Cl)cc1C(=O)NCC1CCCN2CCCCC12.COc1cc(N)c(Cl)cc1C(=O)O.NCC1CCCN2CCCCC12. The van der Waals surface area contributed by atoms with Crippen molar-refractivity contribution in [1.29, 1.82) is 0 Å². The molecule has 49 heavy (non-hydrogen) atoms. The lowest BCUT2D eigenvalue weighted by Crippen LogP contribution is -2.51. The molecule has 4 fully saturated rings. The van der Waals surface area contributed by atoms with Gasteiger partial charge in [0.05, 0.1) is 41.2 Å². The van der Waals surface area contributed by atoms with Gasteiger partial charge in [0.15, 0.2) is 0 Å². The highest BCUT2D eigenvalue weighted by Crippen LogP contribution is 2.33. The van der Waals surface area contributed by atoms with Crippen LogP contribution in [0.25, 0.3) is 0 Å². The molecule has 4 heterocycles. The summed E-state index contributed by atoms with van der Waals surface area (Å²) in [4.78, 5) is 28.5. The van der Waals surface area contributed by atoms with Gasteiger partial charge in [0, 0.05) is 30.8 Å². The second-order valence-electron chi connectivity index (χ2n) is 13.4. The van der Waals surface area contributed by atoms with Crippen LogP contribution in [0.5, 0.6) is 11.5 Å². The number of carboxylic acids is 1. The molecule has 6 rings (SSSR count). The van der Waals surface area contributed by atoms with E-state index in [0.717, 1.165) is 18.5 Å². The molecule has 2 aromatic rings. The minimum atomic E-state index is -1.10.